The van der Waals surface area contributed by atoms with E-state index in [4.69, 9.17) is 0 Å². The lowest BCUT2D eigenvalue weighted by Gasteiger charge is -2.36. The number of anilines is 1. The van der Waals surface area contributed by atoms with E-state index in [1.54, 1.807) is 6.07 Å². The van der Waals surface area contributed by atoms with Crippen LogP contribution in [0.2, 0.25) is 0 Å². The third kappa shape index (κ3) is 3.22. The second kappa shape index (κ2) is 6.19. The van der Waals surface area contributed by atoms with Crippen molar-refractivity contribution in [2.75, 3.05) is 37.6 Å². The Bertz CT molecular complexity index is 384. The van der Waals surface area contributed by atoms with Gasteiger partial charge in [0, 0.05) is 31.9 Å². The van der Waals surface area contributed by atoms with Gasteiger partial charge in [0.05, 0.1) is 0 Å². The summed E-state index contributed by atoms with van der Waals surface area (Å²) in [5.41, 5.74) is 2.23. The van der Waals surface area contributed by atoms with E-state index in [0.29, 0.717) is 0 Å². The van der Waals surface area contributed by atoms with E-state index in [1.165, 1.54) is 31.0 Å². The number of hydrogen-bond donors (Lipinski definition) is 0. The monoisotopic (exact) mass is 250 g/mol. The van der Waals surface area contributed by atoms with E-state index in [2.05, 4.69) is 23.6 Å². The Morgan fingerprint density at radius 1 is 1.17 bits per heavy atom. The van der Waals surface area contributed by atoms with Crippen LogP contribution >= 0.6 is 0 Å². The largest absolute Gasteiger partial charge is 0.369 e. The van der Waals surface area contributed by atoms with Gasteiger partial charge >= 0.3 is 0 Å². The Morgan fingerprint density at radius 3 is 2.56 bits per heavy atom. The molecule has 100 valence electrons. The first-order valence-electron chi connectivity index (χ1n) is 6.94. The summed E-state index contributed by atoms with van der Waals surface area (Å²) >= 11 is 0. The molecule has 1 aliphatic heterocycles. The number of piperazine rings is 1. The molecule has 0 radical (unpaired) electrons. The first-order chi connectivity index (χ1) is 8.70. The van der Waals surface area contributed by atoms with Gasteiger partial charge in [-0.2, -0.15) is 0 Å². The topological polar surface area (TPSA) is 6.48 Å². The van der Waals surface area contributed by atoms with Gasteiger partial charge < -0.3 is 4.90 Å². The fraction of sp³-hybridized carbons (Fsp3) is 0.600. The standard InChI is InChI=1S/C15H23FN2/c1-3-4-7-17-8-10-18(11-9-17)15-12-14(16)6-5-13(15)2/h5-6,12H,3-4,7-11H2,1-2H3. The van der Waals surface area contributed by atoms with Crippen LogP contribution in [-0.2, 0) is 0 Å². The molecule has 0 aromatic heterocycles. The molecule has 1 aromatic rings. The molecule has 0 unspecified atom stereocenters. The van der Waals surface area contributed by atoms with Crippen LogP contribution < -0.4 is 4.90 Å². The number of aryl methyl sites for hydroxylation is 1. The Hall–Kier alpha value is -1.09. The quantitative estimate of drug-likeness (QED) is 0.810. The van der Waals surface area contributed by atoms with Crippen LogP contribution in [0.25, 0.3) is 0 Å². The molecule has 1 heterocycles. The van der Waals surface area contributed by atoms with Crippen LogP contribution in [0.1, 0.15) is 25.3 Å². The summed E-state index contributed by atoms with van der Waals surface area (Å²) in [6, 6.07) is 5.07. The Labute approximate surface area is 109 Å². The van der Waals surface area contributed by atoms with Crippen LogP contribution in [0.5, 0.6) is 0 Å². The van der Waals surface area contributed by atoms with Crippen molar-refractivity contribution in [3.63, 3.8) is 0 Å². The Balaban J connectivity index is 1.94. The molecule has 0 N–H and O–H groups in total. The summed E-state index contributed by atoms with van der Waals surface area (Å²) < 4.78 is 13.3. The van der Waals surface area contributed by atoms with Gasteiger partial charge in [-0.3, -0.25) is 4.90 Å². The van der Waals surface area contributed by atoms with Crippen LogP contribution in [0.15, 0.2) is 18.2 Å². The van der Waals surface area contributed by atoms with Gasteiger partial charge in [0.25, 0.3) is 0 Å². The number of rotatable bonds is 4. The number of hydrogen-bond acceptors (Lipinski definition) is 2. The molecule has 0 atom stereocenters. The molecule has 0 saturated carbocycles. The lowest BCUT2D eigenvalue weighted by Crippen LogP contribution is -2.46. The zero-order valence-electron chi connectivity index (χ0n) is 11.5. The highest BCUT2D eigenvalue weighted by Gasteiger charge is 2.18. The van der Waals surface area contributed by atoms with Crippen molar-refractivity contribution >= 4 is 5.69 Å². The molecule has 18 heavy (non-hydrogen) atoms. The average Bonchev–Trinajstić information content (AvgIpc) is 2.40. The molecule has 0 amide bonds. The number of nitrogens with zero attached hydrogens (tertiary/aromatic N) is 2. The van der Waals surface area contributed by atoms with Gasteiger partial charge in [0.2, 0.25) is 0 Å². The number of halogens is 1. The van der Waals surface area contributed by atoms with Crippen LogP contribution in [0, 0.1) is 12.7 Å². The molecule has 0 bridgehead atoms. The van der Waals surface area contributed by atoms with Crippen molar-refractivity contribution in [3.05, 3.63) is 29.6 Å². The zero-order chi connectivity index (χ0) is 13.0. The maximum Gasteiger partial charge on any atom is 0.125 e. The lowest BCUT2D eigenvalue weighted by molar-refractivity contribution is 0.254. The summed E-state index contributed by atoms with van der Waals surface area (Å²) in [4.78, 5) is 4.81. The second-order valence-corrected chi connectivity index (χ2v) is 5.11. The minimum absolute atomic E-state index is 0.135. The molecule has 1 fully saturated rings. The first kappa shape index (κ1) is 13.3. The van der Waals surface area contributed by atoms with Gasteiger partial charge in [-0.1, -0.05) is 19.4 Å². The van der Waals surface area contributed by atoms with Gasteiger partial charge in [0.1, 0.15) is 5.82 Å². The zero-order valence-corrected chi connectivity index (χ0v) is 11.5. The van der Waals surface area contributed by atoms with Crippen molar-refractivity contribution in [1.82, 2.24) is 4.90 Å². The molecule has 0 spiro atoms. The van der Waals surface area contributed by atoms with Crippen LogP contribution in [0.3, 0.4) is 0 Å². The minimum atomic E-state index is -0.135. The predicted octanol–water partition coefficient (Wildman–Crippen LogP) is 3.06. The fourth-order valence-corrected chi connectivity index (χ4v) is 2.52. The highest BCUT2D eigenvalue weighted by Crippen LogP contribution is 2.22. The lowest BCUT2D eigenvalue weighted by atomic mass is 10.1. The molecular weight excluding hydrogens is 227 g/mol. The van der Waals surface area contributed by atoms with E-state index in [-0.39, 0.29) is 5.82 Å². The second-order valence-electron chi connectivity index (χ2n) is 5.11. The Kier molecular flexibility index (Phi) is 4.59. The maximum absolute atomic E-state index is 13.3. The molecule has 1 aromatic carbocycles. The molecular formula is C15H23FN2. The van der Waals surface area contributed by atoms with Crippen molar-refractivity contribution in [2.45, 2.75) is 26.7 Å². The van der Waals surface area contributed by atoms with Crippen molar-refractivity contribution in [1.29, 1.82) is 0 Å². The first-order valence-corrected chi connectivity index (χ1v) is 6.94. The molecule has 1 aliphatic rings. The van der Waals surface area contributed by atoms with E-state index < -0.39 is 0 Å². The number of unbranched alkanes of at least 4 members (excludes halogenated alkanes) is 1. The number of benzene rings is 1. The average molecular weight is 250 g/mol. The van der Waals surface area contributed by atoms with E-state index in [9.17, 15) is 4.39 Å². The normalized spacial score (nSPS) is 17.2. The van der Waals surface area contributed by atoms with Gasteiger partial charge in [0.15, 0.2) is 0 Å². The molecule has 2 nitrogen and oxygen atoms in total. The molecule has 0 aliphatic carbocycles. The minimum Gasteiger partial charge on any atom is -0.369 e. The van der Waals surface area contributed by atoms with Gasteiger partial charge in [-0.25, -0.2) is 4.39 Å². The van der Waals surface area contributed by atoms with E-state index in [0.717, 1.165) is 31.9 Å². The smallest absolute Gasteiger partial charge is 0.125 e. The highest BCUT2D eigenvalue weighted by molar-refractivity contribution is 5.53. The highest BCUT2D eigenvalue weighted by atomic mass is 19.1. The molecule has 1 saturated heterocycles. The third-order valence-corrected chi connectivity index (χ3v) is 3.71. The Morgan fingerprint density at radius 2 is 1.89 bits per heavy atom. The maximum atomic E-state index is 13.3. The summed E-state index contributed by atoms with van der Waals surface area (Å²) in [6.07, 6.45) is 2.53. The van der Waals surface area contributed by atoms with Gasteiger partial charge in [-0.05, 0) is 37.6 Å². The van der Waals surface area contributed by atoms with E-state index in [1.807, 2.05) is 6.07 Å². The third-order valence-electron chi connectivity index (χ3n) is 3.71. The van der Waals surface area contributed by atoms with E-state index >= 15 is 0 Å². The van der Waals surface area contributed by atoms with Crippen molar-refractivity contribution in [2.24, 2.45) is 0 Å². The molecule has 2 rings (SSSR count). The van der Waals surface area contributed by atoms with Gasteiger partial charge in [-0.15, -0.1) is 0 Å². The van der Waals surface area contributed by atoms with Crippen molar-refractivity contribution < 1.29 is 4.39 Å². The molecule has 3 heteroatoms. The summed E-state index contributed by atoms with van der Waals surface area (Å²) in [7, 11) is 0. The van der Waals surface area contributed by atoms with Crippen LogP contribution in [-0.4, -0.2) is 37.6 Å². The predicted molar refractivity (Wildman–Crippen MR) is 74.7 cm³/mol. The summed E-state index contributed by atoms with van der Waals surface area (Å²) in [5, 5.41) is 0. The van der Waals surface area contributed by atoms with Crippen molar-refractivity contribution in [3.8, 4) is 0 Å². The van der Waals surface area contributed by atoms with Crippen LogP contribution in [0.4, 0.5) is 10.1 Å². The SMILES string of the molecule is CCCCN1CCN(c2cc(F)ccc2C)CC1. The summed E-state index contributed by atoms with van der Waals surface area (Å²) in [5.74, 6) is -0.135. The summed E-state index contributed by atoms with van der Waals surface area (Å²) in [6.45, 7) is 9.69. The fourth-order valence-electron chi connectivity index (χ4n) is 2.52.